The Morgan fingerprint density at radius 3 is 2.56 bits per heavy atom. The van der Waals surface area contributed by atoms with E-state index in [-0.39, 0.29) is 12.0 Å². The van der Waals surface area contributed by atoms with Gasteiger partial charge in [-0.15, -0.1) is 0 Å². The summed E-state index contributed by atoms with van der Waals surface area (Å²) in [5.41, 5.74) is -1.23. The minimum Gasteiger partial charge on any atom is -0.349 e. The number of phosphoric acid groups is 1. The van der Waals surface area contributed by atoms with Gasteiger partial charge >= 0.3 is 21.1 Å². The van der Waals surface area contributed by atoms with Crippen molar-refractivity contribution in [2.45, 2.75) is 31.8 Å². The van der Waals surface area contributed by atoms with Crippen molar-refractivity contribution >= 4 is 15.4 Å². The maximum atomic E-state index is 12.0. The summed E-state index contributed by atoms with van der Waals surface area (Å²) in [4.78, 5) is 52.5. The number of aromatic amines is 1. The van der Waals surface area contributed by atoms with E-state index in [1.54, 1.807) is 0 Å². The van der Waals surface area contributed by atoms with Crippen LogP contribution in [0.3, 0.4) is 0 Å². The predicted octanol–water partition coefficient (Wildman–Crippen LogP) is -0.558. The third-order valence-electron chi connectivity index (χ3n) is 3.32. The Morgan fingerprint density at radius 1 is 1.36 bits per heavy atom. The van der Waals surface area contributed by atoms with Crippen LogP contribution in [0.2, 0.25) is 0 Å². The molecule has 0 amide bonds. The lowest BCUT2D eigenvalue weighted by Crippen LogP contribution is -2.36. The van der Waals surface area contributed by atoms with E-state index in [9.17, 15) is 23.6 Å². The molecule has 1 aromatic rings. The first-order chi connectivity index (χ1) is 11.4. The summed E-state index contributed by atoms with van der Waals surface area (Å²) < 4.78 is 38.2. The summed E-state index contributed by atoms with van der Waals surface area (Å²) in [5, 5.41) is 0. The zero-order chi connectivity index (χ0) is 19.0. The highest BCUT2D eigenvalue weighted by atomic mass is 31.2. The van der Waals surface area contributed by atoms with Crippen LogP contribution in [0.15, 0.2) is 15.8 Å². The van der Waals surface area contributed by atoms with E-state index in [0.29, 0.717) is 0 Å². The summed E-state index contributed by atoms with van der Waals surface area (Å²) in [7, 11) is -8.68. The van der Waals surface area contributed by atoms with Crippen LogP contribution in [0.25, 0.3) is 0 Å². The Kier molecular flexibility index (Phi) is 5.87. The zero-order valence-electron chi connectivity index (χ0n) is 13.3. The maximum Gasteiger partial charge on any atom is 0.469 e. The van der Waals surface area contributed by atoms with Gasteiger partial charge in [-0.25, -0.2) is 9.36 Å². The number of hydrogen-bond acceptors (Lipinski definition) is 7. The average Bonchev–Trinajstić information content (AvgIpc) is 2.80. The van der Waals surface area contributed by atoms with Crippen molar-refractivity contribution in [3.05, 3.63) is 32.6 Å². The molecule has 0 aliphatic carbocycles. The summed E-state index contributed by atoms with van der Waals surface area (Å²) in [6, 6.07) is 0. The first-order valence-corrected chi connectivity index (χ1v) is 10.6. The number of hydrogen-bond donors (Lipinski definition) is 4. The van der Waals surface area contributed by atoms with Crippen molar-refractivity contribution < 1.29 is 37.6 Å². The number of phosphoric ester groups is 1. The fourth-order valence-electron chi connectivity index (χ4n) is 2.37. The molecule has 2 heterocycles. The third kappa shape index (κ3) is 5.70. The first kappa shape index (κ1) is 20.2. The summed E-state index contributed by atoms with van der Waals surface area (Å²) in [6.45, 7) is 1.88. The van der Waals surface area contributed by atoms with Crippen molar-refractivity contribution in [3.63, 3.8) is 0 Å². The van der Waals surface area contributed by atoms with Gasteiger partial charge in [0.2, 0.25) is 0 Å². The molecule has 1 aromatic heterocycles. The van der Waals surface area contributed by atoms with E-state index in [1.807, 2.05) is 0 Å². The van der Waals surface area contributed by atoms with E-state index in [2.05, 4.69) is 9.51 Å². The monoisotopic (exact) mass is 400 g/mol. The highest BCUT2D eigenvalue weighted by molar-refractivity contribution is 7.51. The van der Waals surface area contributed by atoms with Crippen molar-refractivity contribution in [1.29, 1.82) is 0 Å². The van der Waals surface area contributed by atoms with Gasteiger partial charge in [0.1, 0.15) is 6.10 Å². The third-order valence-corrected chi connectivity index (χ3v) is 4.47. The number of aromatic nitrogens is 2. The molecular weight excluding hydrogens is 382 g/mol. The first-order valence-electron chi connectivity index (χ1n) is 7.02. The van der Waals surface area contributed by atoms with Gasteiger partial charge in [-0.1, -0.05) is 0 Å². The summed E-state index contributed by atoms with van der Waals surface area (Å²) in [6.07, 6.45) is -2.03. The lowest BCUT2D eigenvalue weighted by molar-refractivity contribution is -0.0487. The van der Waals surface area contributed by atoms with Crippen LogP contribution in [0.5, 0.6) is 0 Å². The number of nitrogens with zero attached hydrogens (tertiary/aromatic N) is 1. The van der Waals surface area contributed by atoms with E-state index in [4.69, 9.17) is 19.0 Å². The minimum atomic E-state index is -4.74. The predicted molar refractivity (Wildman–Crippen MR) is 83.2 cm³/mol. The van der Waals surface area contributed by atoms with Gasteiger partial charge in [-0.2, -0.15) is 0 Å². The molecule has 0 radical (unpaired) electrons. The molecule has 25 heavy (non-hydrogen) atoms. The highest BCUT2D eigenvalue weighted by Crippen LogP contribution is 2.45. The standard InChI is InChI=1S/C11H18N2O10P2/c1-6-4-13(11(15)12-9(6)14)10-8(23-24(2,16)17)3-7(22-10)5-21-25(18,19)20/h4,7-8,10H,3,5H2,1-2H3,(H,16,17)(H,12,14,15)(H2,18,19,20)/t7-,8-,10+/m0/s1. The second-order valence-electron chi connectivity index (χ2n) is 5.60. The molecule has 1 aliphatic rings. The molecule has 1 saturated heterocycles. The number of rotatable bonds is 6. The average molecular weight is 400 g/mol. The van der Waals surface area contributed by atoms with Crippen LogP contribution in [0, 0.1) is 6.92 Å². The lowest BCUT2D eigenvalue weighted by Gasteiger charge is -2.22. The van der Waals surface area contributed by atoms with Crippen molar-refractivity contribution in [2.75, 3.05) is 13.3 Å². The minimum absolute atomic E-state index is 0.0618. The largest absolute Gasteiger partial charge is 0.469 e. The molecule has 4 atom stereocenters. The SMILES string of the molecule is Cc1cn([C@@H]2O[C@H](COP(=O)(O)O)C[C@@H]2OP(C)(=O)O)c(=O)[nH]c1=O. The normalized spacial score (nSPS) is 26.5. The number of ether oxygens (including phenoxy) is 1. The van der Waals surface area contributed by atoms with Gasteiger partial charge in [-0.3, -0.25) is 23.4 Å². The Labute approximate surface area is 141 Å². The Balaban J connectivity index is 2.30. The van der Waals surface area contributed by atoms with Gasteiger partial charge in [0.25, 0.3) is 5.56 Å². The van der Waals surface area contributed by atoms with Gasteiger partial charge in [0.15, 0.2) is 6.23 Å². The highest BCUT2D eigenvalue weighted by Gasteiger charge is 2.41. The van der Waals surface area contributed by atoms with Crippen molar-refractivity contribution in [3.8, 4) is 0 Å². The quantitative estimate of drug-likeness (QED) is 0.453. The second kappa shape index (κ2) is 7.26. The smallest absolute Gasteiger partial charge is 0.349 e. The molecule has 4 N–H and O–H groups in total. The number of aryl methyl sites for hydroxylation is 1. The van der Waals surface area contributed by atoms with Gasteiger partial charge < -0.3 is 23.9 Å². The lowest BCUT2D eigenvalue weighted by atomic mass is 10.2. The van der Waals surface area contributed by atoms with Crippen molar-refractivity contribution in [2.24, 2.45) is 0 Å². The fourth-order valence-corrected chi connectivity index (χ4v) is 3.42. The summed E-state index contributed by atoms with van der Waals surface area (Å²) in [5.74, 6) is 0. The topological polar surface area (TPSA) is 177 Å². The molecule has 0 aromatic carbocycles. The van der Waals surface area contributed by atoms with Crippen molar-refractivity contribution in [1.82, 2.24) is 9.55 Å². The molecule has 12 nitrogen and oxygen atoms in total. The Bertz CT molecular complexity index is 836. The molecule has 0 saturated carbocycles. The van der Waals surface area contributed by atoms with Crippen LogP contribution >= 0.6 is 15.4 Å². The van der Waals surface area contributed by atoms with Crippen LogP contribution in [-0.2, 0) is 22.9 Å². The molecule has 2 rings (SSSR count). The molecule has 142 valence electrons. The van der Waals surface area contributed by atoms with Crippen LogP contribution in [0.4, 0.5) is 0 Å². The van der Waals surface area contributed by atoms with E-state index in [1.165, 1.54) is 13.1 Å². The van der Waals surface area contributed by atoms with E-state index >= 15 is 0 Å². The maximum absolute atomic E-state index is 12.0. The number of H-pyrrole nitrogens is 1. The van der Waals surface area contributed by atoms with Crippen LogP contribution in [0.1, 0.15) is 18.2 Å². The van der Waals surface area contributed by atoms with E-state index < -0.39 is 51.7 Å². The Morgan fingerprint density at radius 2 is 2.00 bits per heavy atom. The molecule has 1 aliphatic heterocycles. The molecule has 0 spiro atoms. The molecular formula is C11H18N2O10P2. The van der Waals surface area contributed by atoms with Gasteiger partial charge in [0, 0.05) is 24.8 Å². The molecule has 14 heteroatoms. The molecule has 1 unspecified atom stereocenters. The van der Waals surface area contributed by atoms with Crippen LogP contribution in [-0.4, -0.2) is 49.7 Å². The van der Waals surface area contributed by atoms with Gasteiger partial charge in [-0.05, 0) is 6.92 Å². The van der Waals surface area contributed by atoms with Crippen LogP contribution < -0.4 is 11.2 Å². The Hall–Kier alpha value is -1.10. The second-order valence-corrected chi connectivity index (χ2v) is 8.65. The summed E-state index contributed by atoms with van der Waals surface area (Å²) >= 11 is 0. The van der Waals surface area contributed by atoms with Gasteiger partial charge in [0.05, 0.1) is 12.7 Å². The molecule has 0 bridgehead atoms. The fraction of sp³-hybridized carbons (Fsp3) is 0.636. The number of nitrogens with one attached hydrogen (secondary N) is 1. The molecule has 1 fully saturated rings. The zero-order valence-corrected chi connectivity index (χ0v) is 15.1. The van der Waals surface area contributed by atoms with E-state index in [0.717, 1.165) is 11.2 Å².